The fourth-order valence-corrected chi connectivity index (χ4v) is 6.06. The zero-order chi connectivity index (χ0) is 16.2. The minimum atomic E-state index is 0.0250. The Labute approximate surface area is 142 Å². The van der Waals surface area contributed by atoms with Crippen molar-refractivity contribution < 1.29 is 9.53 Å². The SMILES string of the molecule is COC(=O)C1CCC(C2CCC(C3CCCCC3)CC2)CC1C. The van der Waals surface area contributed by atoms with E-state index in [1.807, 2.05) is 0 Å². The van der Waals surface area contributed by atoms with Crippen molar-refractivity contribution in [2.45, 2.75) is 84.0 Å². The Balaban J connectivity index is 1.46. The van der Waals surface area contributed by atoms with Gasteiger partial charge in [0.05, 0.1) is 13.0 Å². The normalized spacial score (nSPS) is 39.8. The molecule has 0 aromatic heterocycles. The van der Waals surface area contributed by atoms with E-state index in [0.29, 0.717) is 5.92 Å². The van der Waals surface area contributed by atoms with Crippen LogP contribution in [-0.2, 0) is 9.53 Å². The molecule has 0 aromatic rings. The average molecular weight is 321 g/mol. The van der Waals surface area contributed by atoms with E-state index >= 15 is 0 Å². The molecule has 3 unspecified atom stereocenters. The molecule has 2 nitrogen and oxygen atoms in total. The van der Waals surface area contributed by atoms with Gasteiger partial charge in [-0.3, -0.25) is 4.79 Å². The molecule has 3 saturated carbocycles. The number of methoxy groups -OCH3 is 1. The van der Waals surface area contributed by atoms with Crippen molar-refractivity contribution in [2.75, 3.05) is 7.11 Å². The molecule has 23 heavy (non-hydrogen) atoms. The lowest BCUT2D eigenvalue weighted by Gasteiger charge is -2.41. The summed E-state index contributed by atoms with van der Waals surface area (Å²) >= 11 is 0. The quantitative estimate of drug-likeness (QED) is 0.633. The molecule has 3 atom stereocenters. The van der Waals surface area contributed by atoms with Crippen molar-refractivity contribution in [2.24, 2.45) is 35.5 Å². The van der Waals surface area contributed by atoms with Crippen LogP contribution in [0.1, 0.15) is 84.0 Å². The Morgan fingerprint density at radius 2 is 1.26 bits per heavy atom. The molecule has 0 radical (unpaired) electrons. The highest BCUT2D eigenvalue weighted by molar-refractivity contribution is 5.72. The van der Waals surface area contributed by atoms with E-state index in [9.17, 15) is 4.79 Å². The maximum absolute atomic E-state index is 11.9. The van der Waals surface area contributed by atoms with E-state index in [-0.39, 0.29) is 11.9 Å². The zero-order valence-electron chi connectivity index (χ0n) is 15.3. The Bertz CT molecular complexity index is 377. The lowest BCUT2D eigenvalue weighted by atomic mass is 9.64. The van der Waals surface area contributed by atoms with Gasteiger partial charge in [0.2, 0.25) is 0 Å². The molecule has 0 spiro atoms. The Hall–Kier alpha value is -0.530. The number of carbonyl (C=O) groups is 1. The van der Waals surface area contributed by atoms with Crippen molar-refractivity contribution in [1.29, 1.82) is 0 Å². The van der Waals surface area contributed by atoms with Crippen LogP contribution in [0.2, 0.25) is 0 Å². The van der Waals surface area contributed by atoms with Gasteiger partial charge < -0.3 is 4.74 Å². The Morgan fingerprint density at radius 1 is 0.739 bits per heavy atom. The third-order valence-electron chi connectivity index (χ3n) is 7.51. The molecule has 0 saturated heterocycles. The molecule has 0 heterocycles. The lowest BCUT2D eigenvalue weighted by molar-refractivity contribution is -0.149. The monoisotopic (exact) mass is 320 g/mol. The first-order valence-electron chi connectivity index (χ1n) is 10.3. The molecule has 0 bridgehead atoms. The first kappa shape index (κ1) is 17.3. The number of hydrogen-bond donors (Lipinski definition) is 0. The number of hydrogen-bond acceptors (Lipinski definition) is 2. The van der Waals surface area contributed by atoms with Crippen LogP contribution in [0.4, 0.5) is 0 Å². The van der Waals surface area contributed by atoms with E-state index in [4.69, 9.17) is 4.74 Å². The van der Waals surface area contributed by atoms with Gasteiger partial charge in [-0.1, -0.05) is 39.0 Å². The van der Waals surface area contributed by atoms with Crippen LogP contribution < -0.4 is 0 Å². The Morgan fingerprint density at radius 3 is 1.83 bits per heavy atom. The van der Waals surface area contributed by atoms with Gasteiger partial charge in [-0.25, -0.2) is 0 Å². The fraction of sp³-hybridized carbons (Fsp3) is 0.952. The van der Waals surface area contributed by atoms with Gasteiger partial charge in [-0.15, -0.1) is 0 Å². The molecule has 0 aromatic carbocycles. The predicted octanol–water partition coefficient (Wildman–Crippen LogP) is 5.60. The summed E-state index contributed by atoms with van der Waals surface area (Å²) in [5.74, 6) is 4.60. The van der Waals surface area contributed by atoms with Gasteiger partial charge in [-0.05, 0) is 74.5 Å². The summed E-state index contributed by atoms with van der Waals surface area (Å²) in [7, 11) is 1.54. The molecular formula is C21H36O2. The standard InChI is InChI=1S/C21H36O2/c1-15-14-19(12-13-20(15)21(22)23-2)18-10-8-17(9-11-18)16-6-4-3-5-7-16/h15-20H,3-14H2,1-2H3. The van der Waals surface area contributed by atoms with Gasteiger partial charge in [0.15, 0.2) is 0 Å². The van der Waals surface area contributed by atoms with Gasteiger partial charge in [0.25, 0.3) is 0 Å². The molecular weight excluding hydrogens is 284 g/mol. The first-order valence-corrected chi connectivity index (χ1v) is 10.3. The zero-order valence-corrected chi connectivity index (χ0v) is 15.3. The second-order valence-electron chi connectivity index (χ2n) is 8.75. The molecule has 3 aliphatic carbocycles. The molecule has 132 valence electrons. The number of esters is 1. The third kappa shape index (κ3) is 4.12. The summed E-state index contributed by atoms with van der Waals surface area (Å²) in [6, 6.07) is 0. The lowest BCUT2D eigenvalue weighted by Crippen LogP contribution is -2.34. The van der Waals surface area contributed by atoms with Crippen molar-refractivity contribution in [3.8, 4) is 0 Å². The van der Waals surface area contributed by atoms with Crippen LogP contribution in [0.3, 0.4) is 0 Å². The van der Waals surface area contributed by atoms with E-state index in [1.54, 1.807) is 0 Å². The summed E-state index contributed by atoms with van der Waals surface area (Å²) in [6.45, 7) is 2.27. The minimum absolute atomic E-state index is 0.0250. The molecule has 3 aliphatic rings. The highest BCUT2D eigenvalue weighted by atomic mass is 16.5. The third-order valence-corrected chi connectivity index (χ3v) is 7.51. The van der Waals surface area contributed by atoms with Crippen LogP contribution in [-0.4, -0.2) is 13.1 Å². The summed E-state index contributed by atoms with van der Waals surface area (Å²) in [4.78, 5) is 11.9. The van der Waals surface area contributed by atoms with E-state index in [0.717, 1.165) is 30.1 Å². The van der Waals surface area contributed by atoms with Crippen LogP contribution in [0.5, 0.6) is 0 Å². The van der Waals surface area contributed by atoms with Crippen LogP contribution in [0.25, 0.3) is 0 Å². The van der Waals surface area contributed by atoms with Crippen LogP contribution in [0.15, 0.2) is 0 Å². The molecule has 3 rings (SSSR count). The van der Waals surface area contributed by atoms with Gasteiger partial charge >= 0.3 is 5.97 Å². The predicted molar refractivity (Wildman–Crippen MR) is 94.0 cm³/mol. The summed E-state index contributed by atoms with van der Waals surface area (Å²) in [5.41, 5.74) is 0. The van der Waals surface area contributed by atoms with Crippen LogP contribution in [0, 0.1) is 35.5 Å². The summed E-state index contributed by atoms with van der Waals surface area (Å²) < 4.78 is 4.98. The molecule has 0 amide bonds. The second-order valence-corrected chi connectivity index (χ2v) is 8.75. The van der Waals surface area contributed by atoms with Crippen molar-refractivity contribution in [1.82, 2.24) is 0 Å². The molecule has 0 N–H and O–H groups in total. The van der Waals surface area contributed by atoms with Crippen molar-refractivity contribution >= 4 is 5.97 Å². The van der Waals surface area contributed by atoms with Crippen molar-refractivity contribution in [3.63, 3.8) is 0 Å². The van der Waals surface area contributed by atoms with E-state index in [2.05, 4.69) is 6.92 Å². The summed E-state index contributed by atoms with van der Waals surface area (Å²) in [5, 5.41) is 0. The first-order chi connectivity index (χ1) is 11.2. The molecule has 3 fully saturated rings. The summed E-state index contributed by atoms with van der Waals surface area (Å²) in [6.07, 6.45) is 16.9. The largest absolute Gasteiger partial charge is 0.469 e. The highest BCUT2D eigenvalue weighted by Gasteiger charge is 2.38. The maximum Gasteiger partial charge on any atom is 0.308 e. The van der Waals surface area contributed by atoms with Gasteiger partial charge in [0, 0.05) is 0 Å². The highest BCUT2D eigenvalue weighted by Crippen LogP contribution is 2.46. The maximum atomic E-state index is 11.9. The topological polar surface area (TPSA) is 26.3 Å². The van der Waals surface area contributed by atoms with Gasteiger partial charge in [-0.2, -0.15) is 0 Å². The van der Waals surface area contributed by atoms with E-state index < -0.39 is 0 Å². The number of carbonyl (C=O) groups excluding carboxylic acids is 1. The Kier molecular flexibility index (Phi) is 6.04. The number of ether oxygens (including phenoxy) is 1. The van der Waals surface area contributed by atoms with Crippen LogP contribution >= 0.6 is 0 Å². The minimum Gasteiger partial charge on any atom is -0.469 e. The molecule has 2 heteroatoms. The fourth-order valence-electron chi connectivity index (χ4n) is 6.06. The van der Waals surface area contributed by atoms with Gasteiger partial charge in [0.1, 0.15) is 0 Å². The molecule has 0 aliphatic heterocycles. The average Bonchev–Trinajstić information content (AvgIpc) is 2.62. The number of rotatable bonds is 3. The van der Waals surface area contributed by atoms with E-state index in [1.165, 1.54) is 77.7 Å². The smallest absolute Gasteiger partial charge is 0.308 e. The van der Waals surface area contributed by atoms with Crippen molar-refractivity contribution in [3.05, 3.63) is 0 Å². The second kappa shape index (κ2) is 8.03.